The first kappa shape index (κ1) is 19.8. The maximum atomic E-state index is 13.2. The molecule has 0 N–H and O–H groups in total. The molecule has 0 atom stereocenters. The van der Waals surface area contributed by atoms with E-state index in [9.17, 15) is 13.2 Å². The summed E-state index contributed by atoms with van der Waals surface area (Å²) in [5.41, 5.74) is 5.89. The van der Waals surface area contributed by atoms with E-state index in [1.165, 1.54) is 21.7 Å². The smallest absolute Gasteiger partial charge is 0.254 e. The molecule has 0 unspecified atom stereocenters. The highest BCUT2D eigenvalue weighted by molar-refractivity contribution is 7.92. The largest absolute Gasteiger partial charge is 0.378 e. The van der Waals surface area contributed by atoms with Crippen LogP contribution in [0.5, 0.6) is 0 Å². The first-order chi connectivity index (χ1) is 13.7. The molecule has 0 aromatic heterocycles. The summed E-state index contributed by atoms with van der Waals surface area (Å²) in [5.74, 6) is 0.00480. The highest BCUT2D eigenvalue weighted by Crippen LogP contribution is 2.31. The first-order valence-electron chi connectivity index (χ1n) is 9.93. The number of sulfonamides is 1. The van der Waals surface area contributed by atoms with Crippen molar-refractivity contribution in [3.8, 4) is 0 Å². The van der Waals surface area contributed by atoms with Crippen molar-refractivity contribution in [3.63, 3.8) is 0 Å². The third-order valence-electron chi connectivity index (χ3n) is 5.81. The number of amides is 1. The minimum Gasteiger partial charge on any atom is -0.378 e. The summed E-state index contributed by atoms with van der Waals surface area (Å²) in [6.07, 6.45) is 3.63. The minimum absolute atomic E-state index is 0.00480. The van der Waals surface area contributed by atoms with E-state index in [-0.39, 0.29) is 5.91 Å². The third-order valence-corrected chi connectivity index (χ3v) is 6.99. The lowest BCUT2D eigenvalue weighted by atomic mass is 9.97. The molecular weight excluding hydrogens is 386 g/mol. The van der Waals surface area contributed by atoms with Gasteiger partial charge in [-0.2, -0.15) is 0 Å². The molecule has 2 aliphatic heterocycles. The summed E-state index contributed by atoms with van der Waals surface area (Å²) in [4.78, 5) is 17.1. The Morgan fingerprint density at radius 1 is 0.966 bits per heavy atom. The van der Waals surface area contributed by atoms with Gasteiger partial charge < -0.3 is 9.80 Å². The molecule has 6 nitrogen and oxygen atoms in total. The molecule has 2 aromatic carbocycles. The lowest BCUT2D eigenvalue weighted by molar-refractivity contribution is 0.0734. The van der Waals surface area contributed by atoms with E-state index in [0.717, 1.165) is 30.5 Å². The van der Waals surface area contributed by atoms with Gasteiger partial charge in [0, 0.05) is 45.0 Å². The summed E-state index contributed by atoms with van der Waals surface area (Å²) >= 11 is 0. The van der Waals surface area contributed by atoms with Gasteiger partial charge in [0.05, 0.1) is 11.9 Å². The van der Waals surface area contributed by atoms with E-state index < -0.39 is 10.0 Å². The Kier molecular flexibility index (Phi) is 5.02. The molecule has 2 aliphatic rings. The lowest BCUT2D eigenvalue weighted by Gasteiger charge is -2.31. The number of hydrogen-bond donors (Lipinski definition) is 0. The normalized spacial score (nSPS) is 16.2. The molecule has 0 spiro atoms. The Morgan fingerprint density at radius 3 is 2.48 bits per heavy atom. The van der Waals surface area contributed by atoms with Gasteiger partial charge in [0.15, 0.2) is 0 Å². The van der Waals surface area contributed by atoms with Crippen molar-refractivity contribution in [2.45, 2.75) is 25.8 Å². The van der Waals surface area contributed by atoms with Crippen molar-refractivity contribution in [2.24, 2.45) is 0 Å². The first-order valence-corrected chi connectivity index (χ1v) is 11.8. The van der Waals surface area contributed by atoms with E-state index in [1.54, 1.807) is 12.1 Å². The molecule has 29 heavy (non-hydrogen) atoms. The van der Waals surface area contributed by atoms with Gasteiger partial charge in [0.25, 0.3) is 5.91 Å². The number of rotatable bonds is 3. The minimum atomic E-state index is -3.30. The highest BCUT2D eigenvalue weighted by atomic mass is 32.2. The molecule has 2 aromatic rings. The van der Waals surface area contributed by atoms with Gasteiger partial charge in [0.2, 0.25) is 10.0 Å². The van der Waals surface area contributed by atoms with E-state index in [4.69, 9.17) is 0 Å². The number of carbonyl (C=O) groups excluding carboxylic acids is 1. The maximum absolute atomic E-state index is 13.2. The Labute approximate surface area is 172 Å². The van der Waals surface area contributed by atoms with Crippen LogP contribution in [0.4, 0.5) is 11.4 Å². The zero-order chi connectivity index (χ0) is 20.8. The van der Waals surface area contributed by atoms with Gasteiger partial charge in [-0.15, -0.1) is 0 Å². The molecule has 0 fully saturated rings. The number of anilines is 2. The third kappa shape index (κ3) is 3.83. The van der Waals surface area contributed by atoms with Crippen molar-refractivity contribution in [1.29, 1.82) is 0 Å². The second-order valence-electron chi connectivity index (χ2n) is 8.11. The van der Waals surface area contributed by atoms with Crippen LogP contribution >= 0.6 is 0 Å². The van der Waals surface area contributed by atoms with Crippen LogP contribution < -0.4 is 9.21 Å². The molecule has 1 amide bonds. The van der Waals surface area contributed by atoms with Gasteiger partial charge in [-0.1, -0.05) is 6.07 Å². The summed E-state index contributed by atoms with van der Waals surface area (Å²) in [6, 6.07) is 11.9. The predicted molar refractivity (Wildman–Crippen MR) is 116 cm³/mol. The van der Waals surface area contributed by atoms with Gasteiger partial charge in [-0.3, -0.25) is 9.10 Å². The summed E-state index contributed by atoms with van der Waals surface area (Å²) in [5, 5.41) is 0. The van der Waals surface area contributed by atoms with Crippen molar-refractivity contribution < 1.29 is 13.2 Å². The molecule has 154 valence electrons. The van der Waals surface area contributed by atoms with Crippen LogP contribution in [0.3, 0.4) is 0 Å². The molecule has 0 radical (unpaired) electrons. The van der Waals surface area contributed by atoms with Crippen molar-refractivity contribution in [3.05, 3.63) is 58.7 Å². The topological polar surface area (TPSA) is 60.9 Å². The lowest BCUT2D eigenvalue weighted by Crippen LogP contribution is -2.37. The molecule has 0 saturated heterocycles. The number of aryl methyl sites for hydroxylation is 1. The second kappa shape index (κ2) is 7.37. The van der Waals surface area contributed by atoms with E-state index in [2.05, 4.69) is 23.1 Å². The fraction of sp³-hybridized carbons (Fsp3) is 0.409. The molecule has 0 saturated carbocycles. The number of hydrogen-bond acceptors (Lipinski definition) is 4. The van der Waals surface area contributed by atoms with Gasteiger partial charge in [-0.05, 0) is 66.3 Å². The fourth-order valence-electron chi connectivity index (χ4n) is 4.22. The van der Waals surface area contributed by atoms with Crippen molar-refractivity contribution in [2.75, 3.05) is 42.6 Å². The van der Waals surface area contributed by atoms with Crippen LogP contribution in [0.15, 0.2) is 36.4 Å². The predicted octanol–water partition coefficient (Wildman–Crippen LogP) is 2.66. The highest BCUT2D eigenvalue weighted by Gasteiger charge is 2.27. The standard InChI is InChI=1S/C22H27N3O3S/c1-23(2)20-8-6-16-10-12-24(15-19(16)14-20)22(26)18-7-9-21-17(13-18)5-4-11-25(21)29(3,27)28/h6-9,13-14H,4-5,10-12,15H2,1-3H3. The second-order valence-corrected chi connectivity index (χ2v) is 10.0. The van der Waals surface area contributed by atoms with E-state index in [0.29, 0.717) is 30.9 Å². The number of benzene rings is 2. The Hall–Kier alpha value is -2.54. The van der Waals surface area contributed by atoms with Crippen molar-refractivity contribution >= 4 is 27.3 Å². The Bertz CT molecular complexity index is 1060. The zero-order valence-corrected chi connectivity index (χ0v) is 18.0. The van der Waals surface area contributed by atoms with E-state index in [1.807, 2.05) is 25.1 Å². The van der Waals surface area contributed by atoms with Crippen molar-refractivity contribution in [1.82, 2.24) is 4.90 Å². The van der Waals surface area contributed by atoms with Crippen LogP contribution in [0.2, 0.25) is 0 Å². The summed E-state index contributed by atoms with van der Waals surface area (Å²) < 4.78 is 25.6. The van der Waals surface area contributed by atoms with Crippen LogP contribution in [-0.4, -0.2) is 52.7 Å². The quantitative estimate of drug-likeness (QED) is 0.776. The van der Waals surface area contributed by atoms with Crippen LogP contribution in [0.25, 0.3) is 0 Å². The van der Waals surface area contributed by atoms with Gasteiger partial charge >= 0.3 is 0 Å². The van der Waals surface area contributed by atoms with E-state index >= 15 is 0 Å². The Balaban J connectivity index is 1.59. The van der Waals surface area contributed by atoms with Crippen LogP contribution in [0, 0.1) is 0 Å². The summed E-state index contributed by atoms with van der Waals surface area (Å²) in [6.45, 7) is 1.79. The zero-order valence-electron chi connectivity index (χ0n) is 17.2. The van der Waals surface area contributed by atoms with Crippen LogP contribution in [-0.2, 0) is 29.4 Å². The maximum Gasteiger partial charge on any atom is 0.254 e. The average molecular weight is 414 g/mol. The molecule has 4 rings (SSSR count). The summed E-state index contributed by atoms with van der Waals surface area (Å²) in [7, 11) is 0.725. The molecule has 7 heteroatoms. The number of carbonyl (C=O) groups is 1. The average Bonchev–Trinajstić information content (AvgIpc) is 2.70. The molecule has 0 aliphatic carbocycles. The SMILES string of the molecule is CN(C)c1ccc2c(c1)CN(C(=O)c1ccc3c(c1)CCCN3S(C)(=O)=O)CC2. The van der Waals surface area contributed by atoms with Gasteiger partial charge in [0.1, 0.15) is 0 Å². The Morgan fingerprint density at radius 2 is 1.76 bits per heavy atom. The number of fused-ring (bicyclic) bond motifs is 2. The monoisotopic (exact) mass is 413 g/mol. The molecule has 2 heterocycles. The molecule has 0 bridgehead atoms. The fourth-order valence-corrected chi connectivity index (χ4v) is 5.21. The van der Waals surface area contributed by atoms with Gasteiger partial charge in [-0.25, -0.2) is 8.42 Å². The number of nitrogens with zero attached hydrogens (tertiary/aromatic N) is 3. The molecular formula is C22H27N3O3S. The van der Waals surface area contributed by atoms with Crippen LogP contribution in [0.1, 0.15) is 33.5 Å².